The standard InChI is InChI=1S/C24H25N5O3S/c1-17-9-11-19(12-10-17)24-27-22-20(32-24)23(26-21(25-22)18-7-4-3-5-8-18)28-13-6-14-29(16-15-28)33(2,30)31/h3-5,7-12H,6,13-16H2,1-2H3. The third-order valence-corrected chi connectivity index (χ3v) is 7.09. The number of aryl methyl sites for hydroxylation is 1. The van der Waals surface area contributed by atoms with Crippen molar-refractivity contribution in [2.24, 2.45) is 0 Å². The Morgan fingerprint density at radius 3 is 2.33 bits per heavy atom. The molecule has 0 unspecified atom stereocenters. The highest BCUT2D eigenvalue weighted by molar-refractivity contribution is 7.88. The molecule has 170 valence electrons. The van der Waals surface area contributed by atoms with E-state index in [4.69, 9.17) is 14.4 Å². The van der Waals surface area contributed by atoms with Gasteiger partial charge in [0.2, 0.25) is 27.1 Å². The van der Waals surface area contributed by atoms with E-state index >= 15 is 0 Å². The minimum absolute atomic E-state index is 0.393. The van der Waals surface area contributed by atoms with Gasteiger partial charge in [0.1, 0.15) is 0 Å². The molecule has 1 fully saturated rings. The SMILES string of the molecule is Cc1ccc(-c2nc3nc(-c4ccccc4)nc(N4CCCN(S(C)(=O)=O)CC4)c3o2)cc1. The van der Waals surface area contributed by atoms with Crippen LogP contribution in [0.2, 0.25) is 0 Å². The molecule has 5 rings (SSSR count). The molecule has 0 amide bonds. The van der Waals surface area contributed by atoms with Gasteiger partial charge < -0.3 is 9.32 Å². The Balaban J connectivity index is 1.61. The second kappa shape index (κ2) is 8.57. The Morgan fingerprint density at radius 2 is 1.61 bits per heavy atom. The zero-order chi connectivity index (χ0) is 23.0. The molecular weight excluding hydrogens is 438 g/mol. The largest absolute Gasteiger partial charge is 0.430 e. The molecule has 0 spiro atoms. The van der Waals surface area contributed by atoms with Crippen molar-refractivity contribution in [2.45, 2.75) is 13.3 Å². The van der Waals surface area contributed by atoms with Gasteiger partial charge in [-0.05, 0) is 25.5 Å². The molecular formula is C24H25N5O3S. The summed E-state index contributed by atoms with van der Waals surface area (Å²) >= 11 is 0. The molecule has 0 radical (unpaired) electrons. The van der Waals surface area contributed by atoms with Gasteiger partial charge in [0.25, 0.3) is 0 Å². The van der Waals surface area contributed by atoms with Crippen LogP contribution in [0.25, 0.3) is 34.1 Å². The summed E-state index contributed by atoms with van der Waals surface area (Å²) in [6.07, 6.45) is 1.95. The van der Waals surface area contributed by atoms with Crippen LogP contribution in [-0.4, -0.2) is 60.1 Å². The van der Waals surface area contributed by atoms with E-state index in [0.717, 1.165) is 16.7 Å². The van der Waals surface area contributed by atoms with Crippen molar-refractivity contribution in [1.82, 2.24) is 19.3 Å². The first-order chi connectivity index (χ1) is 15.9. The number of rotatable bonds is 4. The van der Waals surface area contributed by atoms with E-state index in [9.17, 15) is 8.42 Å². The lowest BCUT2D eigenvalue weighted by atomic mass is 10.1. The van der Waals surface area contributed by atoms with Gasteiger partial charge >= 0.3 is 0 Å². The molecule has 3 heterocycles. The predicted molar refractivity (Wildman–Crippen MR) is 128 cm³/mol. The normalized spacial score (nSPS) is 15.6. The first-order valence-corrected chi connectivity index (χ1v) is 12.7. The van der Waals surface area contributed by atoms with Gasteiger partial charge in [0.05, 0.1) is 6.26 Å². The summed E-state index contributed by atoms with van der Waals surface area (Å²) in [5, 5.41) is 0. The number of hydrogen-bond donors (Lipinski definition) is 0. The van der Waals surface area contributed by atoms with E-state index < -0.39 is 10.0 Å². The summed E-state index contributed by atoms with van der Waals surface area (Å²) in [7, 11) is -3.25. The average Bonchev–Trinajstić information content (AvgIpc) is 3.07. The summed E-state index contributed by atoms with van der Waals surface area (Å²) in [6.45, 7) is 4.08. The Kier molecular flexibility index (Phi) is 5.59. The fourth-order valence-electron chi connectivity index (χ4n) is 4.00. The van der Waals surface area contributed by atoms with E-state index in [1.54, 1.807) is 0 Å². The van der Waals surface area contributed by atoms with Crippen molar-refractivity contribution in [2.75, 3.05) is 37.3 Å². The zero-order valence-electron chi connectivity index (χ0n) is 18.6. The molecule has 1 aliphatic heterocycles. The molecule has 1 aliphatic rings. The van der Waals surface area contributed by atoms with Crippen molar-refractivity contribution in [3.63, 3.8) is 0 Å². The number of nitrogens with zero attached hydrogens (tertiary/aromatic N) is 5. The molecule has 8 nitrogen and oxygen atoms in total. The summed E-state index contributed by atoms with van der Waals surface area (Å²) < 4.78 is 31.9. The van der Waals surface area contributed by atoms with Gasteiger partial charge in [0, 0.05) is 37.3 Å². The minimum Gasteiger partial charge on any atom is -0.430 e. The van der Waals surface area contributed by atoms with Gasteiger partial charge in [-0.1, -0.05) is 48.0 Å². The van der Waals surface area contributed by atoms with Crippen LogP contribution in [0.1, 0.15) is 12.0 Å². The van der Waals surface area contributed by atoms with Gasteiger partial charge in [-0.2, -0.15) is 4.98 Å². The monoisotopic (exact) mass is 463 g/mol. The van der Waals surface area contributed by atoms with E-state index in [2.05, 4.69) is 9.88 Å². The second-order valence-electron chi connectivity index (χ2n) is 8.28. The minimum atomic E-state index is -3.25. The van der Waals surface area contributed by atoms with Crippen molar-refractivity contribution in [1.29, 1.82) is 0 Å². The number of oxazole rings is 1. The van der Waals surface area contributed by atoms with E-state index in [1.807, 2.05) is 61.5 Å². The first kappa shape index (κ1) is 21.5. The number of sulfonamides is 1. The molecule has 0 aliphatic carbocycles. The number of aromatic nitrogens is 3. The Morgan fingerprint density at radius 1 is 0.848 bits per heavy atom. The number of benzene rings is 2. The van der Waals surface area contributed by atoms with Crippen LogP contribution in [0.4, 0.5) is 5.82 Å². The topological polar surface area (TPSA) is 92.4 Å². The van der Waals surface area contributed by atoms with E-state index in [-0.39, 0.29) is 0 Å². The molecule has 2 aromatic heterocycles. The van der Waals surface area contributed by atoms with Gasteiger partial charge in [0.15, 0.2) is 11.6 Å². The van der Waals surface area contributed by atoms with Crippen LogP contribution >= 0.6 is 0 Å². The molecule has 9 heteroatoms. The summed E-state index contributed by atoms with van der Waals surface area (Å²) in [5.41, 5.74) is 3.90. The Bertz CT molecular complexity index is 1390. The lowest BCUT2D eigenvalue weighted by Crippen LogP contribution is -2.34. The average molecular weight is 464 g/mol. The van der Waals surface area contributed by atoms with Crippen LogP contribution in [-0.2, 0) is 10.0 Å². The van der Waals surface area contributed by atoms with Crippen LogP contribution in [0.3, 0.4) is 0 Å². The van der Waals surface area contributed by atoms with Crippen LogP contribution in [0.5, 0.6) is 0 Å². The number of hydrogen-bond acceptors (Lipinski definition) is 7. The van der Waals surface area contributed by atoms with Crippen molar-refractivity contribution >= 4 is 27.1 Å². The van der Waals surface area contributed by atoms with Crippen molar-refractivity contribution in [3.8, 4) is 22.8 Å². The van der Waals surface area contributed by atoms with Crippen molar-refractivity contribution in [3.05, 3.63) is 60.2 Å². The van der Waals surface area contributed by atoms with Crippen LogP contribution < -0.4 is 4.90 Å². The summed E-state index contributed by atoms with van der Waals surface area (Å²) in [4.78, 5) is 16.3. The van der Waals surface area contributed by atoms with Gasteiger partial charge in [-0.15, -0.1) is 0 Å². The van der Waals surface area contributed by atoms with Crippen molar-refractivity contribution < 1.29 is 12.8 Å². The van der Waals surface area contributed by atoms with E-state index in [1.165, 1.54) is 10.6 Å². The van der Waals surface area contributed by atoms with Crippen LogP contribution in [0.15, 0.2) is 59.0 Å². The van der Waals surface area contributed by atoms with Crippen LogP contribution in [0, 0.1) is 6.92 Å². The number of anilines is 1. The maximum absolute atomic E-state index is 12.1. The molecule has 33 heavy (non-hydrogen) atoms. The Labute approximate surface area is 193 Å². The zero-order valence-corrected chi connectivity index (χ0v) is 19.4. The first-order valence-electron chi connectivity index (χ1n) is 10.9. The second-order valence-corrected chi connectivity index (χ2v) is 10.3. The molecule has 0 atom stereocenters. The summed E-state index contributed by atoms with van der Waals surface area (Å²) in [5.74, 6) is 1.68. The van der Waals surface area contributed by atoms with Gasteiger partial charge in [-0.3, -0.25) is 0 Å². The molecule has 0 bridgehead atoms. The lowest BCUT2D eigenvalue weighted by Gasteiger charge is -2.22. The highest BCUT2D eigenvalue weighted by Crippen LogP contribution is 2.32. The fraction of sp³-hybridized carbons (Fsp3) is 0.292. The highest BCUT2D eigenvalue weighted by atomic mass is 32.2. The summed E-state index contributed by atoms with van der Waals surface area (Å²) in [6, 6.07) is 17.7. The Hall–Kier alpha value is -3.30. The lowest BCUT2D eigenvalue weighted by molar-refractivity contribution is 0.437. The third-order valence-electron chi connectivity index (χ3n) is 5.79. The maximum Gasteiger partial charge on any atom is 0.229 e. The maximum atomic E-state index is 12.1. The smallest absolute Gasteiger partial charge is 0.229 e. The molecule has 1 saturated heterocycles. The highest BCUT2D eigenvalue weighted by Gasteiger charge is 2.26. The quantitative estimate of drug-likeness (QED) is 0.455. The van der Waals surface area contributed by atoms with Gasteiger partial charge in [-0.25, -0.2) is 22.7 Å². The number of fused-ring (bicyclic) bond motifs is 1. The molecule has 4 aromatic rings. The molecule has 0 saturated carbocycles. The molecule has 2 aromatic carbocycles. The third kappa shape index (κ3) is 4.46. The predicted octanol–water partition coefficient (Wildman–Crippen LogP) is 3.73. The van der Waals surface area contributed by atoms with E-state index in [0.29, 0.717) is 61.4 Å². The molecule has 0 N–H and O–H groups in total. The fourth-order valence-corrected chi connectivity index (χ4v) is 4.87.